The smallest absolute Gasteiger partial charge is 0.238 e. The third-order valence-corrected chi connectivity index (χ3v) is 4.77. The number of pyridine rings is 1. The number of aromatic nitrogens is 1. The Labute approximate surface area is 135 Å². The lowest BCUT2D eigenvalue weighted by Gasteiger charge is -2.22. The molecule has 1 saturated heterocycles. The number of nitrogens with zero attached hydrogens (tertiary/aromatic N) is 2. The van der Waals surface area contributed by atoms with E-state index in [1.807, 2.05) is 0 Å². The summed E-state index contributed by atoms with van der Waals surface area (Å²) in [7, 11) is 0. The van der Waals surface area contributed by atoms with E-state index in [1.54, 1.807) is 12.1 Å². The number of carbonyl (C=O) groups is 2. The van der Waals surface area contributed by atoms with Gasteiger partial charge in [0.25, 0.3) is 0 Å². The Kier molecular flexibility index (Phi) is 4.30. The summed E-state index contributed by atoms with van der Waals surface area (Å²) in [6.07, 6.45) is 8.03. The van der Waals surface area contributed by atoms with Crippen molar-refractivity contribution in [3.05, 3.63) is 35.0 Å². The van der Waals surface area contributed by atoms with Crippen LogP contribution in [0.1, 0.15) is 39.0 Å². The third kappa shape index (κ3) is 3.07. The Bertz CT molecular complexity index is 624. The standard InChI is InChI=1S/C17H19ClN2O2/c1-11-2-4-12(5-3-11)8-13-9-16(21)20(17(13)22)15-7-6-14(18)10-19-15/h2,6-7,10,12-13H,3-5,8-9H2,1H3. The van der Waals surface area contributed by atoms with Gasteiger partial charge in [-0.05, 0) is 50.7 Å². The summed E-state index contributed by atoms with van der Waals surface area (Å²) in [5, 5.41) is 0.490. The van der Waals surface area contributed by atoms with E-state index in [9.17, 15) is 9.59 Å². The van der Waals surface area contributed by atoms with Gasteiger partial charge in [0, 0.05) is 18.5 Å². The van der Waals surface area contributed by atoms with Crippen LogP contribution in [0.4, 0.5) is 5.82 Å². The molecule has 1 aromatic heterocycles. The van der Waals surface area contributed by atoms with Crippen molar-refractivity contribution in [2.24, 2.45) is 11.8 Å². The Morgan fingerprint density at radius 3 is 2.82 bits per heavy atom. The molecule has 1 aromatic rings. The highest BCUT2D eigenvalue weighted by molar-refractivity contribution is 6.30. The van der Waals surface area contributed by atoms with Crippen molar-refractivity contribution in [3.63, 3.8) is 0 Å². The quantitative estimate of drug-likeness (QED) is 0.630. The molecule has 0 spiro atoms. The Hall–Kier alpha value is -1.68. The number of halogens is 1. The fourth-order valence-corrected chi connectivity index (χ4v) is 3.37. The molecule has 1 aliphatic heterocycles. The second-order valence-electron chi connectivity index (χ2n) is 6.23. The van der Waals surface area contributed by atoms with Gasteiger partial charge in [-0.3, -0.25) is 9.59 Å². The molecular formula is C17H19ClN2O2. The summed E-state index contributed by atoms with van der Waals surface area (Å²) in [5.41, 5.74) is 1.43. The highest BCUT2D eigenvalue weighted by Gasteiger charge is 2.40. The lowest BCUT2D eigenvalue weighted by Crippen LogP contribution is -2.31. The SMILES string of the molecule is CC1=CCC(CC2CC(=O)N(c3ccc(Cl)cn3)C2=O)CC1. The monoisotopic (exact) mass is 318 g/mol. The van der Waals surface area contributed by atoms with E-state index in [-0.39, 0.29) is 17.7 Å². The topological polar surface area (TPSA) is 50.3 Å². The number of carbonyl (C=O) groups excluding carboxylic acids is 2. The molecule has 4 nitrogen and oxygen atoms in total. The predicted molar refractivity (Wildman–Crippen MR) is 85.6 cm³/mol. The van der Waals surface area contributed by atoms with Crippen LogP contribution in [-0.4, -0.2) is 16.8 Å². The zero-order valence-corrected chi connectivity index (χ0v) is 13.3. The van der Waals surface area contributed by atoms with Crippen LogP contribution < -0.4 is 4.90 Å². The minimum Gasteiger partial charge on any atom is -0.274 e. The number of hydrogen-bond donors (Lipinski definition) is 0. The Morgan fingerprint density at radius 1 is 1.36 bits per heavy atom. The van der Waals surface area contributed by atoms with Crippen LogP contribution in [0, 0.1) is 11.8 Å². The summed E-state index contributed by atoms with van der Waals surface area (Å²) in [5.74, 6) is 0.394. The highest BCUT2D eigenvalue weighted by Crippen LogP contribution is 2.34. The first-order chi connectivity index (χ1) is 10.5. The lowest BCUT2D eigenvalue weighted by molar-refractivity contribution is -0.122. The van der Waals surface area contributed by atoms with Crippen LogP contribution in [0.15, 0.2) is 30.0 Å². The summed E-state index contributed by atoms with van der Waals surface area (Å²) in [4.78, 5) is 30.1. The maximum Gasteiger partial charge on any atom is 0.238 e. The molecule has 0 N–H and O–H groups in total. The molecule has 0 aromatic carbocycles. The molecular weight excluding hydrogens is 300 g/mol. The zero-order valence-electron chi connectivity index (χ0n) is 12.6. The predicted octanol–water partition coefficient (Wildman–Crippen LogP) is 3.75. The van der Waals surface area contributed by atoms with E-state index < -0.39 is 0 Å². The fourth-order valence-electron chi connectivity index (χ4n) is 3.26. The summed E-state index contributed by atoms with van der Waals surface area (Å²) in [6.45, 7) is 2.15. The van der Waals surface area contributed by atoms with Crippen LogP contribution in [0.3, 0.4) is 0 Å². The van der Waals surface area contributed by atoms with Gasteiger partial charge < -0.3 is 0 Å². The van der Waals surface area contributed by atoms with Crippen molar-refractivity contribution < 1.29 is 9.59 Å². The largest absolute Gasteiger partial charge is 0.274 e. The average Bonchev–Trinajstić information content (AvgIpc) is 2.77. The minimum atomic E-state index is -0.207. The second-order valence-corrected chi connectivity index (χ2v) is 6.67. The van der Waals surface area contributed by atoms with Crippen molar-refractivity contribution in [1.82, 2.24) is 4.98 Å². The van der Waals surface area contributed by atoms with Crippen LogP contribution >= 0.6 is 11.6 Å². The maximum absolute atomic E-state index is 12.6. The molecule has 5 heteroatoms. The number of amides is 2. The van der Waals surface area contributed by atoms with Gasteiger partial charge in [0.1, 0.15) is 5.82 Å². The Balaban J connectivity index is 1.70. The van der Waals surface area contributed by atoms with Crippen LogP contribution in [0.25, 0.3) is 0 Å². The third-order valence-electron chi connectivity index (χ3n) is 4.55. The van der Waals surface area contributed by atoms with Crippen molar-refractivity contribution in [2.45, 2.75) is 39.0 Å². The van der Waals surface area contributed by atoms with Gasteiger partial charge >= 0.3 is 0 Å². The zero-order chi connectivity index (χ0) is 15.7. The molecule has 22 heavy (non-hydrogen) atoms. The first-order valence-electron chi connectivity index (χ1n) is 7.68. The van der Waals surface area contributed by atoms with Gasteiger partial charge in [0.15, 0.2) is 0 Å². The van der Waals surface area contributed by atoms with Crippen molar-refractivity contribution >= 4 is 29.2 Å². The lowest BCUT2D eigenvalue weighted by atomic mass is 9.83. The molecule has 2 atom stereocenters. The maximum atomic E-state index is 12.6. The van der Waals surface area contributed by atoms with Crippen molar-refractivity contribution in [1.29, 1.82) is 0 Å². The van der Waals surface area contributed by atoms with Crippen LogP contribution in [0.5, 0.6) is 0 Å². The fraction of sp³-hybridized carbons (Fsp3) is 0.471. The van der Waals surface area contributed by atoms with E-state index in [4.69, 9.17) is 11.6 Å². The minimum absolute atomic E-state index is 0.119. The van der Waals surface area contributed by atoms with E-state index in [1.165, 1.54) is 16.7 Å². The van der Waals surface area contributed by atoms with Crippen molar-refractivity contribution in [3.8, 4) is 0 Å². The first-order valence-corrected chi connectivity index (χ1v) is 8.06. The molecule has 2 aliphatic rings. The van der Waals surface area contributed by atoms with Crippen molar-refractivity contribution in [2.75, 3.05) is 4.90 Å². The van der Waals surface area contributed by atoms with Crippen LogP contribution in [0.2, 0.25) is 5.02 Å². The van der Waals surface area contributed by atoms with E-state index >= 15 is 0 Å². The summed E-state index contributed by atoms with van der Waals surface area (Å²) < 4.78 is 0. The summed E-state index contributed by atoms with van der Waals surface area (Å²) >= 11 is 5.80. The molecule has 2 unspecified atom stereocenters. The van der Waals surface area contributed by atoms with E-state index in [0.29, 0.717) is 23.2 Å². The molecule has 2 heterocycles. The van der Waals surface area contributed by atoms with Gasteiger partial charge in [0.05, 0.1) is 5.02 Å². The Morgan fingerprint density at radius 2 is 2.18 bits per heavy atom. The molecule has 1 aliphatic carbocycles. The molecule has 3 rings (SSSR count). The van der Waals surface area contributed by atoms with Gasteiger partial charge in [0.2, 0.25) is 11.8 Å². The molecule has 0 radical (unpaired) electrons. The van der Waals surface area contributed by atoms with Gasteiger partial charge in [-0.25, -0.2) is 9.88 Å². The normalized spacial score (nSPS) is 25.5. The van der Waals surface area contributed by atoms with Gasteiger partial charge in [-0.2, -0.15) is 0 Å². The number of allylic oxidation sites excluding steroid dienone is 2. The van der Waals surface area contributed by atoms with E-state index in [0.717, 1.165) is 25.7 Å². The molecule has 116 valence electrons. The molecule has 0 bridgehead atoms. The van der Waals surface area contributed by atoms with E-state index in [2.05, 4.69) is 18.0 Å². The highest BCUT2D eigenvalue weighted by atomic mass is 35.5. The van der Waals surface area contributed by atoms with Gasteiger partial charge in [-0.15, -0.1) is 0 Å². The number of hydrogen-bond acceptors (Lipinski definition) is 3. The number of anilines is 1. The molecule has 2 amide bonds. The molecule has 1 fully saturated rings. The van der Waals surface area contributed by atoms with Crippen LogP contribution in [-0.2, 0) is 9.59 Å². The average molecular weight is 319 g/mol. The van der Waals surface area contributed by atoms with Gasteiger partial charge in [-0.1, -0.05) is 23.3 Å². The first kappa shape index (κ1) is 15.2. The summed E-state index contributed by atoms with van der Waals surface area (Å²) in [6, 6.07) is 3.26. The molecule has 0 saturated carbocycles. The number of rotatable bonds is 3. The number of imide groups is 1. The second kappa shape index (κ2) is 6.21.